The van der Waals surface area contributed by atoms with E-state index in [9.17, 15) is 18.3 Å². The van der Waals surface area contributed by atoms with E-state index in [1.807, 2.05) is 6.92 Å². The second-order valence-corrected chi connectivity index (χ2v) is 7.54. The maximum atomic E-state index is 12.8. The molecule has 1 atom stereocenters. The van der Waals surface area contributed by atoms with Crippen LogP contribution >= 0.6 is 0 Å². The topological polar surface area (TPSA) is 92.7 Å². The van der Waals surface area contributed by atoms with Crippen molar-refractivity contribution < 1.29 is 23.1 Å². The number of benzene rings is 2. The van der Waals surface area contributed by atoms with Gasteiger partial charge in [-0.1, -0.05) is 29.8 Å². The minimum absolute atomic E-state index is 0.109. The zero-order valence-corrected chi connectivity index (χ0v) is 15.3. The number of aliphatic carboxylic acids is 1. The Balaban J connectivity index is 2.43. The van der Waals surface area contributed by atoms with Gasteiger partial charge in [0.2, 0.25) is 10.0 Å². The number of aryl methyl sites for hydroxylation is 3. The van der Waals surface area contributed by atoms with Crippen LogP contribution in [-0.4, -0.2) is 26.6 Å². The zero-order chi connectivity index (χ0) is 18.8. The van der Waals surface area contributed by atoms with Gasteiger partial charge < -0.3 is 9.84 Å². The Morgan fingerprint density at radius 2 is 1.60 bits per heavy atom. The summed E-state index contributed by atoms with van der Waals surface area (Å²) in [6.07, 6.45) is 0. The van der Waals surface area contributed by atoms with Crippen LogP contribution in [0.5, 0.6) is 5.75 Å². The van der Waals surface area contributed by atoms with Gasteiger partial charge in [0.15, 0.2) is 0 Å². The number of rotatable bonds is 6. The van der Waals surface area contributed by atoms with Gasteiger partial charge in [0.25, 0.3) is 0 Å². The monoisotopic (exact) mass is 363 g/mol. The van der Waals surface area contributed by atoms with Gasteiger partial charge in [0, 0.05) is 0 Å². The van der Waals surface area contributed by atoms with E-state index in [1.54, 1.807) is 38.1 Å². The summed E-state index contributed by atoms with van der Waals surface area (Å²) in [5.74, 6) is -0.725. The molecule has 6 nitrogen and oxygen atoms in total. The lowest BCUT2D eigenvalue weighted by Gasteiger charge is -2.18. The van der Waals surface area contributed by atoms with Crippen LogP contribution in [0.4, 0.5) is 0 Å². The molecule has 2 aromatic carbocycles. The predicted molar refractivity (Wildman–Crippen MR) is 94.3 cm³/mol. The predicted octanol–water partition coefficient (Wildman–Crippen LogP) is 2.72. The molecule has 0 unspecified atom stereocenters. The molecule has 7 heteroatoms. The van der Waals surface area contributed by atoms with Gasteiger partial charge in [0.05, 0.1) is 12.0 Å². The van der Waals surface area contributed by atoms with E-state index in [0.717, 1.165) is 5.56 Å². The average Bonchev–Trinajstić information content (AvgIpc) is 2.51. The minimum atomic E-state index is -4.01. The summed E-state index contributed by atoms with van der Waals surface area (Å²) in [6.45, 7) is 5.26. The van der Waals surface area contributed by atoms with E-state index < -0.39 is 22.0 Å². The molecular weight excluding hydrogens is 342 g/mol. The SMILES string of the molecule is COc1ccc([C@H](NS(=O)(=O)c2c(C)cc(C)cc2C)C(=O)O)cc1. The van der Waals surface area contributed by atoms with Crippen LogP contribution in [0.15, 0.2) is 41.3 Å². The highest BCUT2D eigenvalue weighted by Crippen LogP contribution is 2.25. The first kappa shape index (κ1) is 19.0. The maximum absolute atomic E-state index is 12.8. The Hall–Kier alpha value is -2.38. The molecule has 0 aromatic heterocycles. The van der Waals surface area contributed by atoms with Crippen molar-refractivity contribution in [3.63, 3.8) is 0 Å². The van der Waals surface area contributed by atoms with Crippen LogP contribution in [0.25, 0.3) is 0 Å². The minimum Gasteiger partial charge on any atom is -0.497 e. The first-order chi connectivity index (χ1) is 11.7. The number of carbonyl (C=O) groups is 1. The number of carboxylic acid groups (broad SMARTS) is 1. The number of methoxy groups -OCH3 is 1. The first-order valence-corrected chi connectivity index (χ1v) is 9.11. The van der Waals surface area contributed by atoms with Gasteiger partial charge in [-0.2, -0.15) is 4.72 Å². The summed E-state index contributed by atoms with van der Waals surface area (Å²) >= 11 is 0. The van der Waals surface area contributed by atoms with Gasteiger partial charge in [-0.25, -0.2) is 8.42 Å². The number of ether oxygens (including phenoxy) is 1. The van der Waals surface area contributed by atoms with Crippen LogP contribution in [-0.2, 0) is 14.8 Å². The van der Waals surface area contributed by atoms with Gasteiger partial charge in [0.1, 0.15) is 11.8 Å². The van der Waals surface area contributed by atoms with Crippen molar-refractivity contribution in [3.05, 3.63) is 58.7 Å². The number of carboxylic acids is 1. The van der Waals surface area contributed by atoms with Crippen molar-refractivity contribution >= 4 is 16.0 Å². The fraction of sp³-hybridized carbons (Fsp3) is 0.278. The van der Waals surface area contributed by atoms with Crippen molar-refractivity contribution in [1.82, 2.24) is 4.72 Å². The highest BCUT2D eigenvalue weighted by Gasteiger charge is 2.29. The van der Waals surface area contributed by atoms with Crippen molar-refractivity contribution in [1.29, 1.82) is 0 Å². The highest BCUT2D eigenvalue weighted by molar-refractivity contribution is 7.89. The molecule has 0 heterocycles. The van der Waals surface area contributed by atoms with E-state index in [4.69, 9.17) is 4.74 Å². The van der Waals surface area contributed by atoms with Crippen LogP contribution in [0.3, 0.4) is 0 Å². The van der Waals surface area contributed by atoms with Crippen molar-refractivity contribution in [2.45, 2.75) is 31.7 Å². The molecule has 0 amide bonds. The summed E-state index contributed by atoms with van der Waals surface area (Å²) in [4.78, 5) is 11.7. The fourth-order valence-electron chi connectivity index (χ4n) is 2.86. The molecule has 0 radical (unpaired) electrons. The molecule has 0 fully saturated rings. The molecule has 2 rings (SSSR count). The van der Waals surface area contributed by atoms with Crippen molar-refractivity contribution in [2.24, 2.45) is 0 Å². The highest BCUT2D eigenvalue weighted by atomic mass is 32.2. The van der Waals surface area contributed by atoms with Crippen LogP contribution in [0, 0.1) is 20.8 Å². The average molecular weight is 363 g/mol. The van der Waals surface area contributed by atoms with E-state index >= 15 is 0 Å². The van der Waals surface area contributed by atoms with E-state index in [2.05, 4.69) is 4.72 Å². The summed E-state index contributed by atoms with van der Waals surface area (Å²) in [7, 11) is -2.51. The number of hydrogen-bond acceptors (Lipinski definition) is 4. The molecule has 0 spiro atoms. The third kappa shape index (κ3) is 4.18. The van der Waals surface area contributed by atoms with Gasteiger partial charge >= 0.3 is 5.97 Å². The molecule has 2 N–H and O–H groups in total. The lowest BCUT2D eigenvalue weighted by molar-refractivity contribution is -0.139. The molecule has 0 saturated heterocycles. The molecule has 134 valence electrons. The molecule has 0 saturated carbocycles. The smallest absolute Gasteiger partial charge is 0.326 e. The third-order valence-electron chi connectivity index (χ3n) is 3.84. The number of nitrogens with one attached hydrogen (secondary N) is 1. The summed E-state index contributed by atoms with van der Waals surface area (Å²) in [6, 6.07) is 8.33. The number of hydrogen-bond donors (Lipinski definition) is 2. The van der Waals surface area contributed by atoms with Crippen LogP contribution in [0.1, 0.15) is 28.3 Å². The zero-order valence-electron chi connectivity index (χ0n) is 14.5. The largest absolute Gasteiger partial charge is 0.497 e. The molecule has 0 aliphatic carbocycles. The summed E-state index contributed by atoms with van der Waals surface area (Å²) in [5, 5.41) is 9.49. The Bertz CT molecular complexity index is 865. The fourth-order valence-corrected chi connectivity index (χ4v) is 4.49. The Labute approximate surface area is 147 Å². The maximum Gasteiger partial charge on any atom is 0.326 e. The number of sulfonamides is 1. The molecule has 0 aliphatic rings. The second-order valence-electron chi connectivity index (χ2n) is 5.89. The summed E-state index contributed by atoms with van der Waals surface area (Å²) < 4.78 is 32.9. The Morgan fingerprint density at radius 3 is 2.04 bits per heavy atom. The third-order valence-corrected chi connectivity index (χ3v) is 5.57. The molecular formula is C18H21NO5S. The Kier molecular flexibility index (Phi) is 5.49. The normalized spacial score (nSPS) is 12.6. The molecule has 0 bridgehead atoms. The Morgan fingerprint density at radius 1 is 1.08 bits per heavy atom. The van der Waals surface area contributed by atoms with Gasteiger partial charge in [-0.3, -0.25) is 4.79 Å². The second kappa shape index (κ2) is 7.25. The molecule has 25 heavy (non-hydrogen) atoms. The van der Waals surface area contributed by atoms with Gasteiger partial charge in [-0.05, 0) is 49.6 Å². The summed E-state index contributed by atoms with van der Waals surface area (Å²) in [5.41, 5.74) is 2.41. The standard InChI is InChI=1S/C18H21NO5S/c1-11-9-12(2)17(13(3)10-11)25(22,23)19-16(18(20)21)14-5-7-15(24-4)8-6-14/h5-10,16,19H,1-4H3,(H,20,21)/t16-/m0/s1. The lowest BCUT2D eigenvalue weighted by atomic mass is 10.1. The van der Waals surface area contributed by atoms with Crippen LogP contribution < -0.4 is 9.46 Å². The lowest BCUT2D eigenvalue weighted by Crippen LogP contribution is -2.34. The quantitative estimate of drug-likeness (QED) is 0.823. The molecule has 0 aliphatic heterocycles. The van der Waals surface area contributed by atoms with E-state index in [-0.39, 0.29) is 4.90 Å². The van der Waals surface area contributed by atoms with Gasteiger partial charge in [-0.15, -0.1) is 0 Å². The van der Waals surface area contributed by atoms with Crippen LogP contribution in [0.2, 0.25) is 0 Å². The first-order valence-electron chi connectivity index (χ1n) is 7.62. The molecule has 2 aromatic rings. The van der Waals surface area contributed by atoms with E-state index in [1.165, 1.54) is 19.2 Å². The van der Waals surface area contributed by atoms with Crippen molar-refractivity contribution in [2.75, 3.05) is 7.11 Å². The van der Waals surface area contributed by atoms with E-state index in [0.29, 0.717) is 22.4 Å². The van der Waals surface area contributed by atoms with Crippen molar-refractivity contribution in [3.8, 4) is 5.75 Å².